The van der Waals surface area contributed by atoms with Crippen LogP contribution in [0.25, 0.3) is 10.9 Å². The fourth-order valence-corrected chi connectivity index (χ4v) is 2.47. The first-order valence-electron chi connectivity index (χ1n) is 6.69. The molecule has 1 saturated heterocycles. The lowest BCUT2D eigenvalue weighted by Crippen LogP contribution is -2.37. The van der Waals surface area contributed by atoms with Crippen molar-refractivity contribution < 1.29 is 4.79 Å². The summed E-state index contributed by atoms with van der Waals surface area (Å²) in [6, 6.07) is 9.71. The number of nitrogens with zero attached hydrogens (tertiary/aromatic N) is 1. The number of aromatic nitrogens is 1. The number of carbonyl (C=O) groups is 1. The first kappa shape index (κ1) is 14.8. The zero-order valence-electron chi connectivity index (χ0n) is 11.1. The molecule has 3 rings (SSSR count). The Morgan fingerprint density at radius 2 is 2.25 bits per heavy atom. The predicted octanol–water partition coefficient (Wildman–Crippen LogP) is 2.59. The molecule has 0 unspecified atom stereocenters. The van der Waals surface area contributed by atoms with Crippen LogP contribution in [-0.4, -0.2) is 24.0 Å². The molecular weight excluding hydrogens is 274 g/mol. The predicted molar refractivity (Wildman–Crippen MR) is 83.2 cm³/mol. The second-order valence-corrected chi connectivity index (χ2v) is 4.94. The van der Waals surface area contributed by atoms with Gasteiger partial charge in [-0.05, 0) is 43.7 Å². The minimum atomic E-state index is 0. The molecule has 1 fully saturated rings. The molecule has 1 aliphatic rings. The molecular formula is C15H18ClN3O. The van der Waals surface area contributed by atoms with Crippen molar-refractivity contribution in [3.05, 3.63) is 36.5 Å². The molecule has 0 bridgehead atoms. The number of halogens is 1. The Kier molecular flexibility index (Phi) is 4.93. The first-order valence-corrected chi connectivity index (χ1v) is 6.69. The number of benzene rings is 1. The summed E-state index contributed by atoms with van der Waals surface area (Å²) in [6.45, 7) is 1.80. The minimum absolute atomic E-state index is 0. The van der Waals surface area contributed by atoms with Crippen molar-refractivity contribution in [1.82, 2.24) is 10.3 Å². The Morgan fingerprint density at radius 1 is 1.35 bits per heavy atom. The van der Waals surface area contributed by atoms with Crippen LogP contribution in [0.3, 0.4) is 0 Å². The van der Waals surface area contributed by atoms with Crippen LogP contribution in [0.2, 0.25) is 0 Å². The molecule has 20 heavy (non-hydrogen) atoms. The SMILES string of the molecule is Cl.O=C(Nc1ccc2ncccc2c1)[C@@H]1CCCNC1. The zero-order chi connectivity index (χ0) is 13.1. The lowest BCUT2D eigenvalue weighted by atomic mass is 9.99. The van der Waals surface area contributed by atoms with Crippen molar-refractivity contribution in [2.75, 3.05) is 18.4 Å². The van der Waals surface area contributed by atoms with E-state index in [-0.39, 0.29) is 24.2 Å². The molecule has 1 aromatic heterocycles. The monoisotopic (exact) mass is 291 g/mol. The van der Waals surface area contributed by atoms with E-state index in [1.54, 1.807) is 6.20 Å². The largest absolute Gasteiger partial charge is 0.326 e. The van der Waals surface area contributed by atoms with E-state index in [1.807, 2.05) is 30.3 Å². The molecule has 106 valence electrons. The molecule has 2 N–H and O–H groups in total. The van der Waals surface area contributed by atoms with Crippen molar-refractivity contribution in [3.8, 4) is 0 Å². The summed E-state index contributed by atoms with van der Waals surface area (Å²) in [7, 11) is 0. The van der Waals surface area contributed by atoms with Crippen LogP contribution in [0.1, 0.15) is 12.8 Å². The van der Waals surface area contributed by atoms with Crippen LogP contribution in [0.5, 0.6) is 0 Å². The number of amides is 1. The van der Waals surface area contributed by atoms with Crippen molar-refractivity contribution >= 4 is 34.9 Å². The van der Waals surface area contributed by atoms with Crippen molar-refractivity contribution in [2.24, 2.45) is 5.92 Å². The highest BCUT2D eigenvalue weighted by Gasteiger charge is 2.20. The number of nitrogens with one attached hydrogen (secondary N) is 2. The van der Waals surface area contributed by atoms with Crippen LogP contribution in [0.4, 0.5) is 5.69 Å². The van der Waals surface area contributed by atoms with E-state index in [4.69, 9.17) is 0 Å². The average molecular weight is 292 g/mol. The van der Waals surface area contributed by atoms with Gasteiger partial charge in [0.05, 0.1) is 11.4 Å². The molecule has 0 spiro atoms. The molecule has 1 amide bonds. The van der Waals surface area contributed by atoms with E-state index in [1.165, 1.54) is 0 Å². The first-order chi connectivity index (χ1) is 9.33. The number of piperidine rings is 1. The van der Waals surface area contributed by atoms with E-state index in [0.29, 0.717) is 0 Å². The highest BCUT2D eigenvalue weighted by atomic mass is 35.5. The van der Waals surface area contributed by atoms with Gasteiger partial charge < -0.3 is 10.6 Å². The molecule has 0 radical (unpaired) electrons. The third-order valence-corrected chi connectivity index (χ3v) is 3.54. The van der Waals surface area contributed by atoms with E-state index in [9.17, 15) is 4.79 Å². The molecule has 2 heterocycles. The molecule has 0 saturated carbocycles. The fourth-order valence-electron chi connectivity index (χ4n) is 2.47. The van der Waals surface area contributed by atoms with Gasteiger partial charge >= 0.3 is 0 Å². The molecule has 1 atom stereocenters. The van der Waals surface area contributed by atoms with Gasteiger partial charge in [-0.2, -0.15) is 0 Å². The van der Waals surface area contributed by atoms with Gasteiger partial charge in [-0.1, -0.05) is 6.07 Å². The van der Waals surface area contributed by atoms with Gasteiger partial charge in [0.15, 0.2) is 0 Å². The number of anilines is 1. The zero-order valence-corrected chi connectivity index (χ0v) is 12.0. The Labute approximate surface area is 124 Å². The van der Waals surface area contributed by atoms with Crippen molar-refractivity contribution in [3.63, 3.8) is 0 Å². The smallest absolute Gasteiger partial charge is 0.228 e. The average Bonchev–Trinajstić information content (AvgIpc) is 2.48. The maximum atomic E-state index is 12.1. The molecule has 2 aromatic rings. The Bertz CT molecular complexity index is 596. The molecule has 1 aromatic carbocycles. The molecule has 4 nitrogen and oxygen atoms in total. The Morgan fingerprint density at radius 3 is 3.05 bits per heavy atom. The molecule has 1 aliphatic heterocycles. The highest BCUT2D eigenvalue weighted by Crippen LogP contribution is 2.19. The van der Waals surface area contributed by atoms with Gasteiger partial charge in [0.1, 0.15) is 0 Å². The quantitative estimate of drug-likeness (QED) is 0.894. The van der Waals surface area contributed by atoms with E-state index in [2.05, 4.69) is 15.6 Å². The summed E-state index contributed by atoms with van der Waals surface area (Å²) in [6.07, 6.45) is 3.81. The van der Waals surface area contributed by atoms with E-state index >= 15 is 0 Å². The summed E-state index contributed by atoms with van der Waals surface area (Å²) >= 11 is 0. The van der Waals surface area contributed by atoms with Crippen LogP contribution in [-0.2, 0) is 4.79 Å². The maximum absolute atomic E-state index is 12.1. The van der Waals surface area contributed by atoms with E-state index < -0.39 is 0 Å². The van der Waals surface area contributed by atoms with Gasteiger partial charge in [-0.3, -0.25) is 9.78 Å². The van der Waals surface area contributed by atoms with Crippen molar-refractivity contribution in [1.29, 1.82) is 0 Å². The summed E-state index contributed by atoms with van der Waals surface area (Å²) < 4.78 is 0. The Hall–Kier alpha value is -1.65. The van der Waals surface area contributed by atoms with Crippen LogP contribution in [0.15, 0.2) is 36.5 Å². The Balaban J connectivity index is 0.00000147. The number of fused-ring (bicyclic) bond motifs is 1. The molecule has 0 aliphatic carbocycles. The molecule has 5 heteroatoms. The van der Waals surface area contributed by atoms with Gasteiger partial charge in [-0.25, -0.2) is 0 Å². The number of carbonyl (C=O) groups excluding carboxylic acids is 1. The van der Waals surface area contributed by atoms with Crippen LogP contribution < -0.4 is 10.6 Å². The lowest BCUT2D eigenvalue weighted by molar-refractivity contribution is -0.120. The van der Waals surface area contributed by atoms with Gasteiger partial charge in [0.25, 0.3) is 0 Å². The second kappa shape index (κ2) is 6.68. The summed E-state index contributed by atoms with van der Waals surface area (Å²) in [4.78, 5) is 16.4. The number of pyridine rings is 1. The maximum Gasteiger partial charge on any atom is 0.228 e. The van der Waals surface area contributed by atoms with E-state index in [0.717, 1.165) is 42.5 Å². The topological polar surface area (TPSA) is 54.0 Å². The number of hydrogen-bond acceptors (Lipinski definition) is 3. The highest BCUT2D eigenvalue weighted by molar-refractivity contribution is 5.95. The van der Waals surface area contributed by atoms with Crippen molar-refractivity contribution in [2.45, 2.75) is 12.8 Å². The van der Waals surface area contributed by atoms with Gasteiger partial charge in [0, 0.05) is 23.8 Å². The third kappa shape index (κ3) is 3.26. The lowest BCUT2D eigenvalue weighted by Gasteiger charge is -2.21. The fraction of sp³-hybridized carbons (Fsp3) is 0.333. The number of rotatable bonds is 2. The summed E-state index contributed by atoms with van der Waals surface area (Å²) in [5.74, 6) is 0.189. The summed E-state index contributed by atoms with van der Waals surface area (Å²) in [5.41, 5.74) is 1.79. The second-order valence-electron chi connectivity index (χ2n) is 4.94. The van der Waals surface area contributed by atoms with Gasteiger partial charge in [-0.15, -0.1) is 12.4 Å². The summed E-state index contributed by atoms with van der Waals surface area (Å²) in [5, 5.41) is 7.30. The van der Waals surface area contributed by atoms with Gasteiger partial charge in [0.2, 0.25) is 5.91 Å². The standard InChI is InChI=1S/C15H17N3O.ClH/c19-15(12-4-1-7-16-10-12)18-13-5-6-14-11(9-13)3-2-8-17-14;/h2-3,5-6,8-9,12,16H,1,4,7,10H2,(H,18,19);1H/t12-;/m1./s1. The third-order valence-electron chi connectivity index (χ3n) is 3.54. The normalized spacial score (nSPS) is 18.3. The van der Waals surface area contributed by atoms with Crippen LogP contribution >= 0.6 is 12.4 Å². The minimum Gasteiger partial charge on any atom is -0.326 e. The van der Waals surface area contributed by atoms with Crippen LogP contribution in [0, 0.1) is 5.92 Å². The number of hydrogen-bond donors (Lipinski definition) is 2.